The van der Waals surface area contributed by atoms with Crippen molar-refractivity contribution in [2.75, 3.05) is 11.5 Å². The molecule has 1 aliphatic rings. The van der Waals surface area contributed by atoms with Crippen LogP contribution in [0.4, 0.5) is 5.69 Å². The molecule has 1 heterocycles. The molecule has 4 rings (SSSR count). The summed E-state index contributed by atoms with van der Waals surface area (Å²) < 4.78 is 4.93. The van der Waals surface area contributed by atoms with E-state index in [1.54, 1.807) is 44.2 Å². The molecule has 1 aliphatic heterocycles. The number of hydrogen-bond acceptors (Lipinski definition) is 5. The number of ether oxygens (including phenoxy) is 1. The molecule has 3 aromatic carbocycles. The Morgan fingerprint density at radius 2 is 1.73 bits per heavy atom. The quantitative estimate of drug-likeness (QED) is 0.496. The normalized spacial score (nSPS) is 13.1. The molecule has 0 aliphatic carbocycles. The van der Waals surface area contributed by atoms with Crippen LogP contribution in [0.5, 0.6) is 5.75 Å². The Balaban J connectivity index is 1.78. The fraction of sp³-hybridized carbons (Fsp3) is 0.174. The predicted molar refractivity (Wildman–Crippen MR) is 113 cm³/mol. The first-order valence-electron chi connectivity index (χ1n) is 9.42. The molecule has 0 atom stereocenters. The fourth-order valence-electron chi connectivity index (χ4n) is 3.82. The number of phenols is 1. The van der Waals surface area contributed by atoms with Gasteiger partial charge in [-0.3, -0.25) is 14.4 Å². The average molecular weight is 424 g/mol. The van der Waals surface area contributed by atoms with Crippen molar-refractivity contribution in [3.63, 3.8) is 0 Å². The molecular weight excluding hydrogens is 406 g/mol. The highest BCUT2D eigenvalue weighted by atomic mass is 35.5. The van der Waals surface area contributed by atoms with Crippen molar-refractivity contribution in [1.29, 1.82) is 0 Å². The predicted octanol–water partition coefficient (Wildman–Crippen LogP) is 4.41. The lowest BCUT2D eigenvalue weighted by Crippen LogP contribution is -2.29. The van der Waals surface area contributed by atoms with Gasteiger partial charge in [0, 0.05) is 5.39 Å². The number of esters is 1. The maximum absolute atomic E-state index is 13.2. The number of halogens is 1. The minimum atomic E-state index is -0.638. The van der Waals surface area contributed by atoms with Crippen LogP contribution in [0.15, 0.2) is 42.5 Å². The van der Waals surface area contributed by atoms with Gasteiger partial charge in [0.1, 0.15) is 5.75 Å². The van der Waals surface area contributed by atoms with Gasteiger partial charge in [-0.2, -0.15) is 0 Å². The topological polar surface area (TPSA) is 83.9 Å². The lowest BCUT2D eigenvalue weighted by atomic mass is 9.95. The van der Waals surface area contributed by atoms with Crippen molar-refractivity contribution in [3.05, 3.63) is 69.7 Å². The summed E-state index contributed by atoms with van der Waals surface area (Å²) in [5.41, 5.74) is 1.56. The zero-order chi connectivity index (χ0) is 21.6. The third-order valence-electron chi connectivity index (χ3n) is 5.19. The van der Waals surface area contributed by atoms with Gasteiger partial charge in [-0.1, -0.05) is 41.9 Å². The number of carbonyl (C=O) groups is 3. The molecule has 152 valence electrons. The summed E-state index contributed by atoms with van der Waals surface area (Å²) in [5.74, 6) is -1.80. The highest BCUT2D eigenvalue weighted by Crippen LogP contribution is 2.42. The summed E-state index contributed by atoms with van der Waals surface area (Å²) >= 11 is 6.37. The van der Waals surface area contributed by atoms with Crippen molar-refractivity contribution < 1.29 is 24.2 Å². The molecule has 1 N–H and O–H groups in total. The third-order valence-corrected chi connectivity index (χ3v) is 5.49. The SMILES string of the molecule is CCOC(=O)Cc1ccc(N2C(=O)c3c(c(O)c4ccccc4c3C)C2=O)c(Cl)c1. The summed E-state index contributed by atoms with van der Waals surface area (Å²) in [6.07, 6.45) is 0.0290. The number of aromatic hydroxyl groups is 1. The number of amides is 2. The van der Waals surface area contributed by atoms with Gasteiger partial charge in [-0.25, -0.2) is 4.90 Å². The van der Waals surface area contributed by atoms with Gasteiger partial charge in [-0.05, 0) is 42.5 Å². The van der Waals surface area contributed by atoms with Crippen molar-refractivity contribution in [2.24, 2.45) is 0 Å². The molecule has 0 spiro atoms. The second-order valence-corrected chi connectivity index (χ2v) is 7.39. The molecule has 0 bridgehead atoms. The lowest BCUT2D eigenvalue weighted by Gasteiger charge is -2.16. The maximum atomic E-state index is 13.2. The van der Waals surface area contributed by atoms with Crippen LogP contribution in [0.2, 0.25) is 5.02 Å². The molecule has 7 heteroatoms. The van der Waals surface area contributed by atoms with E-state index in [0.29, 0.717) is 21.9 Å². The fourth-order valence-corrected chi connectivity index (χ4v) is 4.11. The lowest BCUT2D eigenvalue weighted by molar-refractivity contribution is -0.142. The van der Waals surface area contributed by atoms with E-state index in [1.807, 2.05) is 0 Å². The van der Waals surface area contributed by atoms with Crippen molar-refractivity contribution >= 4 is 45.8 Å². The zero-order valence-corrected chi connectivity index (χ0v) is 17.1. The first-order chi connectivity index (χ1) is 14.3. The largest absolute Gasteiger partial charge is 0.506 e. The van der Waals surface area contributed by atoms with E-state index in [-0.39, 0.29) is 40.6 Å². The summed E-state index contributed by atoms with van der Waals surface area (Å²) in [6.45, 7) is 3.74. The zero-order valence-electron chi connectivity index (χ0n) is 16.4. The number of imide groups is 1. The first-order valence-corrected chi connectivity index (χ1v) is 9.80. The summed E-state index contributed by atoms with van der Waals surface area (Å²) in [6, 6.07) is 11.7. The Bertz CT molecular complexity index is 1170. The van der Waals surface area contributed by atoms with Crippen LogP contribution < -0.4 is 4.90 Å². The first kappa shape index (κ1) is 19.9. The maximum Gasteiger partial charge on any atom is 0.310 e. The van der Waals surface area contributed by atoms with Crippen molar-refractivity contribution in [1.82, 2.24) is 0 Å². The molecule has 30 heavy (non-hydrogen) atoms. The second-order valence-electron chi connectivity index (χ2n) is 6.98. The second kappa shape index (κ2) is 7.46. The molecule has 6 nitrogen and oxygen atoms in total. The van der Waals surface area contributed by atoms with Crippen molar-refractivity contribution in [3.8, 4) is 5.75 Å². The Labute approximate surface area is 177 Å². The number of phenolic OH excluding ortho intramolecular Hbond substituents is 1. The number of benzene rings is 3. The third kappa shape index (κ3) is 3.00. The van der Waals surface area contributed by atoms with Gasteiger partial charge in [-0.15, -0.1) is 0 Å². The smallest absolute Gasteiger partial charge is 0.310 e. The van der Waals surface area contributed by atoms with E-state index in [2.05, 4.69) is 0 Å². The number of nitrogens with zero attached hydrogens (tertiary/aromatic N) is 1. The number of rotatable bonds is 4. The summed E-state index contributed by atoms with van der Waals surface area (Å²) in [4.78, 5) is 39.0. The molecule has 0 saturated carbocycles. The molecule has 0 aromatic heterocycles. The number of carbonyl (C=O) groups excluding carboxylic acids is 3. The molecular formula is C23H18ClNO5. The molecule has 0 saturated heterocycles. The summed E-state index contributed by atoms with van der Waals surface area (Å²) in [5, 5.41) is 12.1. The highest BCUT2D eigenvalue weighted by Gasteiger charge is 2.42. The monoisotopic (exact) mass is 423 g/mol. The van der Waals surface area contributed by atoms with Gasteiger partial charge in [0.05, 0.1) is 34.9 Å². The number of anilines is 1. The van der Waals surface area contributed by atoms with Crippen LogP contribution in [0.3, 0.4) is 0 Å². The van der Waals surface area contributed by atoms with Gasteiger partial charge >= 0.3 is 5.97 Å². The average Bonchev–Trinajstić information content (AvgIpc) is 2.97. The van der Waals surface area contributed by atoms with E-state index in [4.69, 9.17) is 16.3 Å². The van der Waals surface area contributed by atoms with Crippen LogP contribution in [0, 0.1) is 6.92 Å². The van der Waals surface area contributed by atoms with Crippen LogP contribution in [0.25, 0.3) is 10.8 Å². The van der Waals surface area contributed by atoms with Crippen molar-refractivity contribution in [2.45, 2.75) is 20.3 Å². The van der Waals surface area contributed by atoms with E-state index >= 15 is 0 Å². The van der Waals surface area contributed by atoms with Gasteiger partial charge in [0.2, 0.25) is 0 Å². The number of aryl methyl sites for hydroxylation is 1. The molecule has 0 unspecified atom stereocenters. The van der Waals surface area contributed by atoms with E-state index in [1.165, 1.54) is 12.1 Å². The van der Waals surface area contributed by atoms with Crippen LogP contribution in [-0.4, -0.2) is 29.5 Å². The van der Waals surface area contributed by atoms with E-state index < -0.39 is 17.8 Å². The minimum absolute atomic E-state index is 0.0251. The molecule has 0 radical (unpaired) electrons. The summed E-state index contributed by atoms with van der Waals surface area (Å²) in [7, 11) is 0. The Morgan fingerprint density at radius 3 is 2.40 bits per heavy atom. The number of hydrogen-bond donors (Lipinski definition) is 1. The molecule has 2 amide bonds. The molecule has 0 fully saturated rings. The van der Waals surface area contributed by atoms with E-state index in [9.17, 15) is 19.5 Å². The van der Waals surface area contributed by atoms with Crippen LogP contribution in [0.1, 0.15) is 38.8 Å². The Kier molecular flexibility index (Phi) is 4.95. The van der Waals surface area contributed by atoms with Crippen LogP contribution in [-0.2, 0) is 16.0 Å². The van der Waals surface area contributed by atoms with Crippen LogP contribution >= 0.6 is 11.6 Å². The van der Waals surface area contributed by atoms with Gasteiger partial charge in [0.25, 0.3) is 11.8 Å². The van der Waals surface area contributed by atoms with Gasteiger partial charge in [0.15, 0.2) is 0 Å². The van der Waals surface area contributed by atoms with Gasteiger partial charge < -0.3 is 9.84 Å². The Morgan fingerprint density at radius 1 is 1.07 bits per heavy atom. The standard InChI is InChI=1S/C23H18ClNO5/c1-3-30-18(26)11-13-8-9-17(16(24)10-13)25-22(28)19-12(2)14-6-4-5-7-15(14)21(27)20(19)23(25)29/h4-10,27H,3,11H2,1-2H3. The molecule has 3 aromatic rings. The highest BCUT2D eigenvalue weighted by molar-refractivity contribution is 6.41. The Hall–Kier alpha value is -3.38. The van der Waals surface area contributed by atoms with E-state index in [0.717, 1.165) is 4.90 Å². The number of fused-ring (bicyclic) bond motifs is 2. The minimum Gasteiger partial charge on any atom is -0.506 e.